The lowest BCUT2D eigenvalue weighted by atomic mass is 10.0. The molecular formula is C20H26N4OS. The topological polar surface area (TPSA) is 63.6 Å². The van der Waals surface area contributed by atoms with Crippen LogP contribution in [0.1, 0.15) is 46.0 Å². The van der Waals surface area contributed by atoms with Crippen LogP contribution in [0.2, 0.25) is 0 Å². The predicted molar refractivity (Wildman–Crippen MR) is 108 cm³/mol. The van der Waals surface area contributed by atoms with Gasteiger partial charge in [0.2, 0.25) is 0 Å². The van der Waals surface area contributed by atoms with Gasteiger partial charge in [0.15, 0.2) is 4.96 Å². The molecule has 0 saturated heterocycles. The molecule has 0 spiro atoms. The molecule has 0 radical (unpaired) electrons. The number of aromatic nitrogens is 2. The molecule has 0 aliphatic rings. The zero-order valence-corrected chi connectivity index (χ0v) is 16.9. The van der Waals surface area contributed by atoms with Crippen LogP contribution in [0.25, 0.3) is 16.2 Å². The molecule has 0 bridgehead atoms. The highest BCUT2D eigenvalue weighted by Crippen LogP contribution is 2.32. The SMILES string of the molecule is CCN(CC)C(=O)c1sc2nc(-c3ccc(C)c(C)c3)c(CN)n2c1C. The first kappa shape index (κ1) is 18.6. The summed E-state index contributed by atoms with van der Waals surface area (Å²) >= 11 is 1.45. The Morgan fingerprint density at radius 1 is 1.19 bits per heavy atom. The summed E-state index contributed by atoms with van der Waals surface area (Å²) in [6, 6.07) is 6.35. The normalized spacial score (nSPS) is 11.3. The van der Waals surface area contributed by atoms with E-state index in [9.17, 15) is 4.79 Å². The highest BCUT2D eigenvalue weighted by atomic mass is 32.1. The van der Waals surface area contributed by atoms with E-state index in [4.69, 9.17) is 10.7 Å². The largest absolute Gasteiger partial charge is 0.338 e. The molecule has 2 aromatic heterocycles. The van der Waals surface area contributed by atoms with Crippen LogP contribution in [0.3, 0.4) is 0 Å². The maximum Gasteiger partial charge on any atom is 0.265 e. The smallest absolute Gasteiger partial charge is 0.265 e. The summed E-state index contributed by atoms with van der Waals surface area (Å²) in [5, 5.41) is 0. The van der Waals surface area contributed by atoms with E-state index in [1.54, 1.807) is 0 Å². The number of rotatable bonds is 5. The Bertz CT molecular complexity index is 966. The summed E-state index contributed by atoms with van der Waals surface area (Å²) in [6.07, 6.45) is 0. The van der Waals surface area contributed by atoms with Crippen molar-refractivity contribution in [2.24, 2.45) is 5.73 Å². The number of imidazole rings is 1. The number of thiazole rings is 1. The number of hydrogen-bond acceptors (Lipinski definition) is 4. The summed E-state index contributed by atoms with van der Waals surface area (Å²) in [5.74, 6) is 0.0682. The van der Waals surface area contributed by atoms with Crippen LogP contribution in [0.5, 0.6) is 0 Å². The van der Waals surface area contributed by atoms with E-state index < -0.39 is 0 Å². The van der Waals surface area contributed by atoms with Crippen LogP contribution in [-0.4, -0.2) is 33.3 Å². The van der Waals surface area contributed by atoms with Gasteiger partial charge in [-0.2, -0.15) is 0 Å². The first-order valence-corrected chi connectivity index (χ1v) is 9.82. The van der Waals surface area contributed by atoms with Crippen molar-refractivity contribution in [3.8, 4) is 11.3 Å². The second kappa shape index (κ2) is 7.21. The molecule has 0 atom stereocenters. The summed E-state index contributed by atoms with van der Waals surface area (Å²) in [7, 11) is 0. The minimum atomic E-state index is 0.0682. The predicted octanol–water partition coefficient (Wildman–Crippen LogP) is 3.93. The lowest BCUT2D eigenvalue weighted by Gasteiger charge is -2.17. The number of benzene rings is 1. The van der Waals surface area contributed by atoms with Gasteiger partial charge in [0, 0.05) is 30.9 Å². The molecule has 0 aliphatic heterocycles. The minimum absolute atomic E-state index is 0.0682. The fraction of sp³-hybridized carbons (Fsp3) is 0.400. The Labute approximate surface area is 158 Å². The van der Waals surface area contributed by atoms with Crippen LogP contribution in [0.4, 0.5) is 0 Å². The average molecular weight is 371 g/mol. The molecule has 3 rings (SSSR count). The van der Waals surface area contributed by atoms with Crippen LogP contribution in [0.15, 0.2) is 18.2 Å². The number of amides is 1. The summed E-state index contributed by atoms with van der Waals surface area (Å²) in [5.41, 5.74) is 12.4. The van der Waals surface area contributed by atoms with Gasteiger partial charge in [-0.05, 0) is 51.8 Å². The van der Waals surface area contributed by atoms with E-state index in [1.807, 2.05) is 30.1 Å². The van der Waals surface area contributed by atoms with Crippen LogP contribution >= 0.6 is 11.3 Å². The molecule has 1 aromatic carbocycles. The van der Waals surface area contributed by atoms with Crippen LogP contribution < -0.4 is 5.73 Å². The van der Waals surface area contributed by atoms with E-state index in [1.165, 1.54) is 22.5 Å². The molecule has 6 heteroatoms. The lowest BCUT2D eigenvalue weighted by molar-refractivity contribution is 0.0776. The van der Waals surface area contributed by atoms with Gasteiger partial charge < -0.3 is 10.6 Å². The van der Waals surface area contributed by atoms with Gasteiger partial charge in [-0.15, -0.1) is 0 Å². The van der Waals surface area contributed by atoms with Crippen molar-refractivity contribution in [1.29, 1.82) is 0 Å². The fourth-order valence-corrected chi connectivity index (χ4v) is 4.39. The lowest BCUT2D eigenvalue weighted by Crippen LogP contribution is -2.30. The average Bonchev–Trinajstić information content (AvgIpc) is 3.15. The van der Waals surface area contributed by atoms with E-state index in [0.29, 0.717) is 19.6 Å². The van der Waals surface area contributed by atoms with Gasteiger partial charge in [-0.3, -0.25) is 9.20 Å². The summed E-state index contributed by atoms with van der Waals surface area (Å²) in [6.45, 7) is 12.0. The molecule has 1 amide bonds. The summed E-state index contributed by atoms with van der Waals surface area (Å²) < 4.78 is 2.05. The molecule has 0 saturated carbocycles. The third-order valence-corrected chi connectivity index (χ3v) is 6.15. The molecular weight excluding hydrogens is 344 g/mol. The number of nitrogens with zero attached hydrogens (tertiary/aromatic N) is 3. The Kier molecular flexibility index (Phi) is 5.16. The van der Waals surface area contributed by atoms with Crippen molar-refractivity contribution < 1.29 is 4.79 Å². The monoisotopic (exact) mass is 370 g/mol. The van der Waals surface area contributed by atoms with Crippen molar-refractivity contribution in [3.05, 3.63) is 45.6 Å². The van der Waals surface area contributed by atoms with Crippen molar-refractivity contribution in [2.45, 2.75) is 41.2 Å². The van der Waals surface area contributed by atoms with Crippen LogP contribution in [0, 0.1) is 20.8 Å². The molecule has 138 valence electrons. The maximum absolute atomic E-state index is 12.8. The van der Waals surface area contributed by atoms with Crippen molar-refractivity contribution in [2.75, 3.05) is 13.1 Å². The molecule has 3 aromatic rings. The fourth-order valence-electron chi connectivity index (χ4n) is 3.27. The van der Waals surface area contributed by atoms with Crippen molar-refractivity contribution in [3.63, 3.8) is 0 Å². The first-order valence-electron chi connectivity index (χ1n) is 9.00. The number of carbonyl (C=O) groups is 1. The number of carbonyl (C=O) groups excluding carboxylic acids is 1. The van der Waals surface area contributed by atoms with E-state index in [2.05, 4.69) is 32.0 Å². The molecule has 0 aliphatic carbocycles. The van der Waals surface area contributed by atoms with Gasteiger partial charge in [0.05, 0.1) is 11.4 Å². The zero-order chi connectivity index (χ0) is 19.0. The third-order valence-electron chi connectivity index (χ3n) is 5.02. The Morgan fingerprint density at radius 3 is 2.46 bits per heavy atom. The highest BCUT2D eigenvalue weighted by Gasteiger charge is 2.24. The second-order valence-corrected chi connectivity index (χ2v) is 7.50. The van der Waals surface area contributed by atoms with E-state index >= 15 is 0 Å². The van der Waals surface area contributed by atoms with Crippen LogP contribution in [-0.2, 0) is 6.54 Å². The second-order valence-electron chi connectivity index (χ2n) is 6.52. The quantitative estimate of drug-likeness (QED) is 0.740. The minimum Gasteiger partial charge on any atom is -0.338 e. The van der Waals surface area contributed by atoms with Gasteiger partial charge in [-0.25, -0.2) is 4.98 Å². The Balaban J connectivity index is 2.15. The van der Waals surface area contributed by atoms with Gasteiger partial charge in [-0.1, -0.05) is 23.5 Å². The molecule has 0 fully saturated rings. The number of aryl methyl sites for hydroxylation is 3. The maximum atomic E-state index is 12.8. The Hall–Kier alpha value is -2.18. The highest BCUT2D eigenvalue weighted by molar-refractivity contribution is 7.19. The first-order chi connectivity index (χ1) is 12.4. The standard InChI is InChI=1S/C20H26N4OS/c1-6-23(7-2)19(25)18-14(5)24-16(11-21)17(22-20(24)26-18)15-9-8-12(3)13(4)10-15/h8-10H,6-7,11,21H2,1-5H3. The van der Waals surface area contributed by atoms with Crippen molar-refractivity contribution >= 4 is 22.2 Å². The van der Waals surface area contributed by atoms with Gasteiger partial charge in [0.25, 0.3) is 5.91 Å². The third kappa shape index (κ3) is 2.93. The number of fused-ring (bicyclic) bond motifs is 1. The Morgan fingerprint density at radius 2 is 1.88 bits per heavy atom. The number of nitrogens with two attached hydrogens (primary N) is 1. The molecule has 5 nitrogen and oxygen atoms in total. The molecule has 0 unspecified atom stereocenters. The van der Waals surface area contributed by atoms with E-state index in [-0.39, 0.29) is 5.91 Å². The number of hydrogen-bond donors (Lipinski definition) is 1. The van der Waals surface area contributed by atoms with E-state index in [0.717, 1.165) is 32.5 Å². The zero-order valence-electron chi connectivity index (χ0n) is 16.1. The molecule has 2 heterocycles. The summed E-state index contributed by atoms with van der Waals surface area (Å²) in [4.78, 5) is 21.0. The van der Waals surface area contributed by atoms with Crippen molar-refractivity contribution in [1.82, 2.24) is 14.3 Å². The molecule has 26 heavy (non-hydrogen) atoms. The van der Waals surface area contributed by atoms with Gasteiger partial charge in [0.1, 0.15) is 4.88 Å². The van der Waals surface area contributed by atoms with Gasteiger partial charge >= 0.3 is 0 Å². The molecule has 2 N–H and O–H groups in total.